The number of rotatable bonds is 1. The van der Waals surface area contributed by atoms with Crippen molar-refractivity contribution in [2.24, 2.45) is 0 Å². The quantitative estimate of drug-likeness (QED) is 0.216. The summed E-state index contributed by atoms with van der Waals surface area (Å²) in [5.74, 6) is 0. The highest BCUT2D eigenvalue weighted by molar-refractivity contribution is 7.74. The average molecular weight is 95.1 g/mol. The fourth-order valence-electron chi connectivity index (χ4n) is 0. The number of hydrogen-bond donors (Lipinski definition) is 1. The van der Waals surface area contributed by atoms with E-state index >= 15 is 0 Å². The van der Waals surface area contributed by atoms with Crippen molar-refractivity contribution < 1.29 is 9.37 Å². The van der Waals surface area contributed by atoms with Gasteiger partial charge in [0.25, 0.3) is 0 Å². The van der Waals surface area contributed by atoms with Crippen molar-refractivity contribution in [1.82, 2.24) is 0 Å². The Kier molecular flexibility index (Phi) is 1.67. The molecule has 5 heteroatoms. The van der Waals surface area contributed by atoms with Crippen LogP contribution in [0.1, 0.15) is 0 Å². The second-order valence-electron chi connectivity index (χ2n) is 0.305. The van der Waals surface area contributed by atoms with E-state index in [1.807, 2.05) is 0 Å². The van der Waals surface area contributed by atoms with Gasteiger partial charge in [-0.3, -0.25) is 0 Å². The van der Waals surface area contributed by atoms with Gasteiger partial charge in [-0.1, -0.05) is 0 Å². The van der Waals surface area contributed by atoms with E-state index in [0.717, 1.165) is 0 Å². The molecule has 0 aromatic heterocycles. The monoisotopic (exact) mass is 95.0 g/mol. The van der Waals surface area contributed by atoms with Crippen LogP contribution in [0.5, 0.6) is 0 Å². The molecule has 30 valence electrons. The maximum atomic E-state index is 8.88. The highest BCUT2D eigenvalue weighted by Gasteiger charge is 1.78. The lowest BCUT2D eigenvalue weighted by atomic mass is 13.1. The highest BCUT2D eigenvalue weighted by atomic mass is 32.1. The minimum atomic E-state index is -1.01. The summed E-state index contributed by atoms with van der Waals surface area (Å²) in [5.41, 5.74) is 0. The topological polar surface area (TPSA) is 52.4 Å². The molecule has 0 unspecified atom stereocenters. The lowest BCUT2D eigenvalue weighted by Crippen LogP contribution is -1.85. The number of nitrogens with zero attached hydrogens (tertiary/aromatic N) is 1. The Balaban J connectivity index is 2.85. The second-order valence-corrected chi connectivity index (χ2v) is 0.469. The van der Waals surface area contributed by atoms with Gasteiger partial charge < -0.3 is 0 Å². The van der Waals surface area contributed by atoms with Gasteiger partial charge in [0.1, 0.15) is 0 Å². The van der Waals surface area contributed by atoms with Crippen molar-refractivity contribution in [2.75, 3.05) is 0 Å². The van der Waals surface area contributed by atoms with E-state index in [1.165, 1.54) is 0 Å². The summed E-state index contributed by atoms with van der Waals surface area (Å²) in [4.78, 5) is 8.88. The van der Waals surface area contributed by atoms with Gasteiger partial charge in [0.2, 0.25) is 0 Å². The van der Waals surface area contributed by atoms with Gasteiger partial charge in [0.15, 0.2) is 0 Å². The van der Waals surface area contributed by atoms with Crippen molar-refractivity contribution in [3.8, 4) is 0 Å². The molecule has 0 saturated carbocycles. The largest absolute Gasteiger partial charge is 0.306 e. The molecule has 0 saturated heterocycles. The standard InChI is InChI=1S/HNO3S/c2-1(3)4-5/h5H. The predicted molar refractivity (Wildman–Crippen MR) is 17.1 cm³/mol. The maximum absolute atomic E-state index is 8.88. The molecule has 0 amide bonds. The van der Waals surface area contributed by atoms with E-state index in [-0.39, 0.29) is 0 Å². The van der Waals surface area contributed by atoms with Crippen LogP contribution in [0.4, 0.5) is 0 Å². The van der Waals surface area contributed by atoms with E-state index in [1.54, 1.807) is 0 Å². The van der Waals surface area contributed by atoms with E-state index in [2.05, 4.69) is 17.2 Å². The van der Waals surface area contributed by atoms with Crippen molar-refractivity contribution in [2.45, 2.75) is 0 Å². The number of thiol groups is 1. The first-order valence-electron chi connectivity index (χ1n) is 0.730. The molecule has 0 spiro atoms. The van der Waals surface area contributed by atoms with Gasteiger partial charge in [0, 0.05) is 12.9 Å². The first-order valence-corrected chi connectivity index (χ1v) is 1.10. The predicted octanol–water partition coefficient (Wildman–Crippen LogP) is 0.0395. The molecule has 0 aliphatic carbocycles. The zero-order valence-corrected chi connectivity index (χ0v) is 3.01. The summed E-state index contributed by atoms with van der Waals surface area (Å²) in [6.07, 6.45) is 0. The zero-order valence-electron chi connectivity index (χ0n) is 2.12. The molecule has 0 aromatic carbocycles. The Hall–Kier alpha value is -0.450. The van der Waals surface area contributed by atoms with Gasteiger partial charge >= 0.3 is 5.09 Å². The lowest BCUT2D eigenvalue weighted by Gasteiger charge is -1.72. The Morgan fingerprint density at radius 3 is 2.20 bits per heavy atom. The smallest absolute Gasteiger partial charge is 0.245 e. The SMILES string of the molecule is O=[N+]([O-])OS. The molecular formula is HNO3S. The molecule has 5 heavy (non-hydrogen) atoms. The molecule has 0 atom stereocenters. The van der Waals surface area contributed by atoms with Crippen LogP contribution in [0.3, 0.4) is 0 Å². The Morgan fingerprint density at radius 2 is 2.20 bits per heavy atom. The van der Waals surface area contributed by atoms with Gasteiger partial charge in [-0.2, -0.15) is 0 Å². The van der Waals surface area contributed by atoms with Crippen LogP contribution in [0, 0.1) is 10.1 Å². The molecule has 4 nitrogen and oxygen atoms in total. The molecule has 0 aromatic rings. The molecule has 0 radical (unpaired) electrons. The summed E-state index contributed by atoms with van der Waals surface area (Å²) in [6, 6.07) is 0. The van der Waals surface area contributed by atoms with Crippen LogP contribution in [0.2, 0.25) is 0 Å². The summed E-state index contributed by atoms with van der Waals surface area (Å²) in [6.45, 7) is 0. The fourth-order valence-corrected chi connectivity index (χ4v) is 0. The molecule has 0 aliphatic heterocycles. The van der Waals surface area contributed by atoms with Crippen LogP contribution < -0.4 is 0 Å². The van der Waals surface area contributed by atoms with Crippen LogP contribution in [0.15, 0.2) is 0 Å². The van der Waals surface area contributed by atoms with Gasteiger partial charge in [-0.05, 0) is 0 Å². The molecular weight excluding hydrogens is 94.1 g/mol. The van der Waals surface area contributed by atoms with Gasteiger partial charge in [-0.25, -0.2) is 4.28 Å². The number of hydrogen-bond acceptors (Lipinski definition) is 4. The maximum Gasteiger partial charge on any atom is 0.306 e. The third-order valence-electron chi connectivity index (χ3n) is 0.0667. The molecule has 0 rings (SSSR count). The van der Waals surface area contributed by atoms with Crippen LogP contribution >= 0.6 is 12.9 Å². The summed E-state index contributed by atoms with van der Waals surface area (Å²) < 4.78 is 3.17. The Bertz CT molecular complexity index is 42.2. The Morgan fingerprint density at radius 1 is 2.00 bits per heavy atom. The molecule has 0 bridgehead atoms. The third kappa shape index (κ3) is 3.55. The summed E-state index contributed by atoms with van der Waals surface area (Å²) >= 11 is 2.82. The van der Waals surface area contributed by atoms with Crippen LogP contribution in [0.25, 0.3) is 0 Å². The molecule has 0 fully saturated rings. The van der Waals surface area contributed by atoms with Gasteiger partial charge in [0.05, 0.1) is 0 Å². The van der Waals surface area contributed by atoms with Gasteiger partial charge in [-0.15, -0.1) is 10.1 Å². The van der Waals surface area contributed by atoms with Crippen molar-refractivity contribution >= 4 is 12.9 Å². The minimum absolute atomic E-state index is 1.01. The minimum Gasteiger partial charge on any atom is -0.245 e. The molecule has 0 heterocycles. The van der Waals surface area contributed by atoms with Crippen molar-refractivity contribution in [3.05, 3.63) is 10.1 Å². The molecule has 0 aliphatic rings. The third-order valence-corrected chi connectivity index (χ3v) is 0.200. The fraction of sp³-hybridized carbons (Fsp3) is 0. The van der Waals surface area contributed by atoms with Crippen LogP contribution in [-0.2, 0) is 4.28 Å². The van der Waals surface area contributed by atoms with E-state index < -0.39 is 5.09 Å². The zero-order chi connectivity index (χ0) is 4.28. The van der Waals surface area contributed by atoms with E-state index in [9.17, 15) is 0 Å². The highest BCUT2D eigenvalue weighted by Crippen LogP contribution is 1.72. The average Bonchev–Trinajstić information content (AvgIpc) is 1.38. The van der Waals surface area contributed by atoms with Crippen molar-refractivity contribution in [1.29, 1.82) is 0 Å². The van der Waals surface area contributed by atoms with E-state index in [0.29, 0.717) is 0 Å². The van der Waals surface area contributed by atoms with Crippen LogP contribution in [-0.4, -0.2) is 5.09 Å². The Labute approximate surface area is 33.5 Å². The first kappa shape index (κ1) is 4.55. The second kappa shape index (κ2) is 1.83. The summed E-state index contributed by atoms with van der Waals surface area (Å²) in [7, 11) is 0. The summed E-state index contributed by atoms with van der Waals surface area (Å²) in [5, 5.41) is 7.86. The van der Waals surface area contributed by atoms with Crippen molar-refractivity contribution in [3.63, 3.8) is 0 Å². The normalized spacial score (nSPS) is 6.60. The van der Waals surface area contributed by atoms with E-state index in [4.69, 9.17) is 10.1 Å². The molecule has 0 N–H and O–H groups in total. The lowest BCUT2D eigenvalue weighted by molar-refractivity contribution is -0.706. The first-order chi connectivity index (χ1) is 2.27.